The molecule has 0 spiro atoms. The molecule has 2 fully saturated rings. The number of hydrogen-bond donors (Lipinski definition) is 0. The maximum Gasteiger partial charge on any atom is 0.331 e. The highest BCUT2D eigenvalue weighted by molar-refractivity contribution is 5.99. The summed E-state index contributed by atoms with van der Waals surface area (Å²) in [6, 6.07) is 19.6. The molecular formula is C22H23NO3. The van der Waals surface area contributed by atoms with Crippen molar-refractivity contribution in [2.75, 3.05) is 7.11 Å². The predicted molar refractivity (Wildman–Crippen MR) is 98.8 cm³/mol. The Morgan fingerprint density at radius 2 is 1.58 bits per heavy atom. The van der Waals surface area contributed by atoms with Crippen molar-refractivity contribution < 1.29 is 14.3 Å². The normalized spacial score (nSPS) is 27.2. The highest BCUT2D eigenvalue weighted by Gasteiger charge is 2.59. The molecule has 134 valence electrons. The van der Waals surface area contributed by atoms with Crippen LogP contribution in [-0.2, 0) is 9.53 Å². The van der Waals surface area contributed by atoms with Crippen LogP contribution in [0, 0.1) is 0 Å². The number of ether oxygens (including phenoxy) is 1. The van der Waals surface area contributed by atoms with Crippen molar-refractivity contribution in [3.8, 4) is 0 Å². The molecule has 0 saturated carbocycles. The molecule has 4 nitrogen and oxygen atoms in total. The molecular weight excluding hydrogens is 326 g/mol. The summed E-state index contributed by atoms with van der Waals surface area (Å²) in [7, 11) is 1.42. The highest BCUT2D eigenvalue weighted by Crippen LogP contribution is 2.51. The van der Waals surface area contributed by atoms with E-state index >= 15 is 0 Å². The van der Waals surface area contributed by atoms with Crippen molar-refractivity contribution in [2.45, 2.75) is 43.2 Å². The number of hydrogen-bond acceptors (Lipinski definition) is 3. The van der Waals surface area contributed by atoms with Gasteiger partial charge in [-0.2, -0.15) is 0 Å². The molecule has 2 heterocycles. The Hall–Kier alpha value is -2.62. The van der Waals surface area contributed by atoms with E-state index in [2.05, 4.69) is 12.1 Å². The second-order valence-electron chi connectivity index (χ2n) is 7.23. The highest BCUT2D eigenvalue weighted by atomic mass is 16.5. The Morgan fingerprint density at radius 3 is 2.23 bits per heavy atom. The summed E-state index contributed by atoms with van der Waals surface area (Å²) < 4.78 is 5.14. The van der Waals surface area contributed by atoms with Crippen LogP contribution < -0.4 is 0 Å². The van der Waals surface area contributed by atoms with E-state index in [1.54, 1.807) is 0 Å². The van der Waals surface area contributed by atoms with Gasteiger partial charge in [-0.05, 0) is 43.4 Å². The van der Waals surface area contributed by atoms with E-state index in [0.29, 0.717) is 18.4 Å². The van der Waals surface area contributed by atoms with Gasteiger partial charge in [0, 0.05) is 17.5 Å². The van der Waals surface area contributed by atoms with Crippen LogP contribution >= 0.6 is 0 Å². The second kappa shape index (κ2) is 6.60. The van der Waals surface area contributed by atoms with Gasteiger partial charge in [0.1, 0.15) is 5.54 Å². The third kappa shape index (κ3) is 2.52. The zero-order chi connectivity index (χ0) is 18.1. The van der Waals surface area contributed by atoms with Crippen LogP contribution in [-0.4, -0.2) is 35.5 Å². The average Bonchev–Trinajstić information content (AvgIpc) is 2.98. The van der Waals surface area contributed by atoms with Crippen LogP contribution in [0.25, 0.3) is 0 Å². The molecule has 0 radical (unpaired) electrons. The summed E-state index contributed by atoms with van der Waals surface area (Å²) in [4.78, 5) is 27.9. The molecule has 2 saturated heterocycles. The summed E-state index contributed by atoms with van der Waals surface area (Å²) in [5.41, 5.74) is 1.04. The van der Waals surface area contributed by atoms with Crippen LogP contribution in [0.15, 0.2) is 60.7 Å². The van der Waals surface area contributed by atoms with Gasteiger partial charge in [-0.3, -0.25) is 4.79 Å². The monoisotopic (exact) mass is 349 g/mol. The van der Waals surface area contributed by atoms with Crippen molar-refractivity contribution in [1.29, 1.82) is 0 Å². The van der Waals surface area contributed by atoms with Crippen molar-refractivity contribution >= 4 is 11.9 Å². The molecule has 0 aliphatic carbocycles. The number of fused-ring (bicyclic) bond motifs is 2. The van der Waals surface area contributed by atoms with Gasteiger partial charge in [-0.15, -0.1) is 0 Å². The van der Waals surface area contributed by atoms with E-state index < -0.39 is 5.54 Å². The first-order chi connectivity index (χ1) is 12.7. The number of piperidine rings is 1. The van der Waals surface area contributed by atoms with E-state index in [4.69, 9.17) is 4.74 Å². The van der Waals surface area contributed by atoms with E-state index in [0.717, 1.165) is 12.8 Å². The molecule has 1 amide bonds. The number of rotatable bonds is 3. The fourth-order valence-corrected chi connectivity index (χ4v) is 4.81. The van der Waals surface area contributed by atoms with Gasteiger partial charge in [0.25, 0.3) is 5.91 Å². The Balaban J connectivity index is 1.76. The number of carbonyl (C=O) groups is 2. The molecule has 2 bridgehead atoms. The van der Waals surface area contributed by atoms with Crippen LogP contribution in [0.5, 0.6) is 0 Å². The number of esters is 1. The first kappa shape index (κ1) is 16.8. The van der Waals surface area contributed by atoms with Gasteiger partial charge >= 0.3 is 5.97 Å². The SMILES string of the molecule is COC(=O)C12CCC(c3ccccc3)C(CC1)N2C(=O)c1ccccc1. The molecule has 0 N–H and O–H groups in total. The summed E-state index contributed by atoms with van der Waals surface area (Å²) >= 11 is 0. The fourth-order valence-electron chi connectivity index (χ4n) is 4.81. The van der Waals surface area contributed by atoms with Crippen molar-refractivity contribution in [1.82, 2.24) is 4.90 Å². The first-order valence-corrected chi connectivity index (χ1v) is 9.19. The van der Waals surface area contributed by atoms with Gasteiger partial charge in [-0.25, -0.2) is 4.79 Å². The number of amides is 1. The van der Waals surface area contributed by atoms with Crippen LogP contribution in [0.3, 0.4) is 0 Å². The minimum absolute atomic E-state index is 0.0259. The standard InChI is InChI=1S/C22H23NO3/c1-26-21(25)22-14-12-18(16-8-4-2-5-9-16)19(13-15-22)23(22)20(24)17-10-6-3-7-11-17/h2-11,18-19H,12-15H2,1H3. The number of benzene rings is 2. The third-order valence-electron chi connectivity index (χ3n) is 6.01. The molecule has 2 aliphatic rings. The lowest BCUT2D eigenvalue weighted by Gasteiger charge is -2.46. The Labute approximate surface area is 153 Å². The molecule has 3 atom stereocenters. The molecule has 2 aromatic rings. The molecule has 2 aliphatic heterocycles. The van der Waals surface area contributed by atoms with Crippen molar-refractivity contribution in [3.63, 3.8) is 0 Å². The molecule has 4 heteroatoms. The lowest BCUT2D eigenvalue weighted by molar-refractivity contribution is -0.155. The van der Waals surface area contributed by atoms with Gasteiger partial charge in [0.15, 0.2) is 0 Å². The largest absolute Gasteiger partial charge is 0.467 e. The van der Waals surface area contributed by atoms with Crippen molar-refractivity contribution in [2.24, 2.45) is 0 Å². The molecule has 2 aromatic carbocycles. The van der Waals surface area contributed by atoms with Crippen molar-refractivity contribution in [3.05, 3.63) is 71.8 Å². The van der Waals surface area contributed by atoms with E-state index in [9.17, 15) is 9.59 Å². The minimum Gasteiger partial charge on any atom is -0.467 e. The Morgan fingerprint density at radius 1 is 0.962 bits per heavy atom. The van der Waals surface area contributed by atoms with Gasteiger partial charge in [0.2, 0.25) is 0 Å². The van der Waals surface area contributed by atoms with E-state index in [1.807, 2.05) is 53.4 Å². The van der Waals surface area contributed by atoms with Crippen LogP contribution in [0.1, 0.15) is 47.5 Å². The zero-order valence-corrected chi connectivity index (χ0v) is 14.9. The molecule has 26 heavy (non-hydrogen) atoms. The summed E-state index contributed by atoms with van der Waals surface area (Å²) in [6.45, 7) is 0. The van der Waals surface area contributed by atoms with E-state index in [1.165, 1.54) is 12.7 Å². The molecule has 4 rings (SSSR count). The minimum atomic E-state index is -0.822. The summed E-state index contributed by atoms with van der Waals surface area (Å²) in [5, 5.41) is 0. The van der Waals surface area contributed by atoms with Gasteiger partial charge in [-0.1, -0.05) is 48.5 Å². The molecule has 3 unspecified atom stereocenters. The number of methoxy groups -OCH3 is 1. The first-order valence-electron chi connectivity index (χ1n) is 9.19. The van der Waals surface area contributed by atoms with Crippen LogP contribution in [0.2, 0.25) is 0 Å². The second-order valence-corrected chi connectivity index (χ2v) is 7.23. The van der Waals surface area contributed by atoms with E-state index in [-0.39, 0.29) is 23.8 Å². The summed E-state index contributed by atoms with van der Waals surface area (Å²) in [6.07, 6.45) is 3.04. The number of carbonyl (C=O) groups excluding carboxylic acids is 2. The van der Waals surface area contributed by atoms with Crippen LogP contribution in [0.4, 0.5) is 0 Å². The predicted octanol–water partition coefficient (Wildman–Crippen LogP) is 3.78. The summed E-state index contributed by atoms with van der Waals surface area (Å²) in [5.74, 6) is -0.0981. The average molecular weight is 349 g/mol. The Bertz CT molecular complexity index is 805. The number of nitrogens with zero attached hydrogens (tertiary/aromatic N) is 1. The molecule has 0 aromatic heterocycles. The van der Waals surface area contributed by atoms with Gasteiger partial charge < -0.3 is 9.64 Å². The smallest absolute Gasteiger partial charge is 0.331 e. The maximum atomic E-state index is 13.4. The lowest BCUT2D eigenvalue weighted by atomic mass is 9.79. The van der Waals surface area contributed by atoms with Gasteiger partial charge in [0.05, 0.1) is 7.11 Å². The zero-order valence-electron chi connectivity index (χ0n) is 14.9. The maximum absolute atomic E-state index is 13.4. The third-order valence-corrected chi connectivity index (χ3v) is 6.01. The topological polar surface area (TPSA) is 46.6 Å². The lowest BCUT2D eigenvalue weighted by Crippen LogP contribution is -2.59. The fraction of sp³-hybridized carbons (Fsp3) is 0.364. The Kier molecular flexibility index (Phi) is 4.27. The quantitative estimate of drug-likeness (QED) is 0.792.